The smallest absolute Gasteiger partial charge is 0.238 e. The highest BCUT2D eigenvalue weighted by atomic mass is 16.2. The molecular weight excluding hydrogens is 214 g/mol. The number of benzene rings is 1. The van der Waals surface area contributed by atoms with E-state index in [-0.39, 0.29) is 5.91 Å². The molecule has 0 heterocycles. The monoisotopic (exact) mass is 235 g/mol. The van der Waals surface area contributed by atoms with Crippen molar-refractivity contribution in [3.8, 4) is 0 Å². The standard InChI is InChI=1S/C13H21N3O/c1-4-16(5-2)9-13(17)15-12-8-6-7-11(14)10(12)3/h6-8H,4-5,9,14H2,1-3H3,(H,15,17). The van der Waals surface area contributed by atoms with Gasteiger partial charge in [-0.15, -0.1) is 0 Å². The molecule has 94 valence electrons. The van der Waals surface area contributed by atoms with Crippen molar-refractivity contribution in [1.29, 1.82) is 0 Å². The predicted molar refractivity (Wildman–Crippen MR) is 72.0 cm³/mol. The second-order valence-corrected chi connectivity index (χ2v) is 4.03. The summed E-state index contributed by atoms with van der Waals surface area (Å²) < 4.78 is 0. The molecule has 0 aliphatic heterocycles. The zero-order chi connectivity index (χ0) is 12.8. The van der Waals surface area contributed by atoms with E-state index in [0.717, 1.165) is 24.3 Å². The maximum Gasteiger partial charge on any atom is 0.238 e. The minimum atomic E-state index is 0.00222. The van der Waals surface area contributed by atoms with E-state index >= 15 is 0 Å². The Morgan fingerprint density at radius 1 is 1.35 bits per heavy atom. The minimum absolute atomic E-state index is 0.00222. The van der Waals surface area contributed by atoms with Crippen LogP contribution in [0, 0.1) is 6.92 Å². The van der Waals surface area contributed by atoms with Crippen molar-refractivity contribution < 1.29 is 4.79 Å². The van der Waals surface area contributed by atoms with Crippen LogP contribution in [0.3, 0.4) is 0 Å². The summed E-state index contributed by atoms with van der Waals surface area (Å²) in [5.74, 6) is 0.00222. The van der Waals surface area contributed by atoms with Crippen LogP contribution in [-0.2, 0) is 4.79 Å². The third-order valence-electron chi connectivity index (χ3n) is 2.91. The number of nitrogens with two attached hydrogens (primary N) is 1. The van der Waals surface area contributed by atoms with Crippen molar-refractivity contribution in [2.24, 2.45) is 0 Å². The van der Waals surface area contributed by atoms with E-state index in [1.54, 1.807) is 0 Å². The molecule has 0 radical (unpaired) electrons. The third kappa shape index (κ3) is 3.75. The first kappa shape index (κ1) is 13.5. The molecule has 4 nitrogen and oxygen atoms in total. The Kier molecular flexibility index (Phi) is 4.97. The number of hydrogen-bond donors (Lipinski definition) is 2. The molecule has 0 aliphatic carbocycles. The third-order valence-corrected chi connectivity index (χ3v) is 2.91. The van der Waals surface area contributed by atoms with Gasteiger partial charge >= 0.3 is 0 Å². The highest BCUT2D eigenvalue weighted by Crippen LogP contribution is 2.20. The number of rotatable bonds is 5. The fourth-order valence-electron chi connectivity index (χ4n) is 1.63. The molecule has 1 aromatic rings. The van der Waals surface area contributed by atoms with Crippen LogP contribution in [0.2, 0.25) is 0 Å². The molecule has 0 fully saturated rings. The summed E-state index contributed by atoms with van der Waals surface area (Å²) in [4.78, 5) is 13.9. The van der Waals surface area contributed by atoms with Gasteiger partial charge in [-0.1, -0.05) is 19.9 Å². The largest absolute Gasteiger partial charge is 0.398 e. The van der Waals surface area contributed by atoms with Crippen LogP contribution < -0.4 is 11.1 Å². The fraction of sp³-hybridized carbons (Fsp3) is 0.462. The predicted octanol–water partition coefficient (Wildman–Crippen LogP) is 1.86. The maximum atomic E-state index is 11.8. The minimum Gasteiger partial charge on any atom is -0.398 e. The Labute approximate surface area is 103 Å². The lowest BCUT2D eigenvalue weighted by molar-refractivity contribution is -0.117. The summed E-state index contributed by atoms with van der Waals surface area (Å²) in [6.45, 7) is 8.16. The van der Waals surface area contributed by atoms with Gasteiger partial charge in [0.1, 0.15) is 0 Å². The van der Waals surface area contributed by atoms with E-state index in [9.17, 15) is 4.79 Å². The first-order valence-electron chi connectivity index (χ1n) is 5.95. The molecule has 0 aliphatic rings. The van der Waals surface area contributed by atoms with Crippen LogP contribution in [-0.4, -0.2) is 30.4 Å². The number of amides is 1. The number of anilines is 2. The Morgan fingerprint density at radius 3 is 2.59 bits per heavy atom. The van der Waals surface area contributed by atoms with Crippen LogP contribution in [0.25, 0.3) is 0 Å². The molecule has 0 atom stereocenters. The molecule has 0 saturated carbocycles. The van der Waals surface area contributed by atoms with E-state index in [1.165, 1.54) is 0 Å². The van der Waals surface area contributed by atoms with Gasteiger partial charge in [0.05, 0.1) is 6.54 Å². The first-order valence-corrected chi connectivity index (χ1v) is 5.95. The molecule has 1 aromatic carbocycles. The fourth-order valence-corrected chi connectivity index (χ4v) is 1.63. The number of carbonyl (C=O) groups is 1. The van der Waals surface area contributed by atoms with Gasteiger partial charge in [0, 0.05) is 11.4 Å². The average Bonchev–Trinajstić information content (AvgIpc) is 2.32. The molecule has 0 unspecified atom stereocenters. The van der Waals surface area contributed by atoms with E-state index in [2.05, 4.69) is 10.2 Å². The van der Waals surface area contributed by atoms with Crippen molar-refractivity contribution in [1.82, 2.24) is 4.90 Å². The van der Waals surface area contributed by atoms with E-state index in [4.69, 9.17) is 5.73 Å². The summed E-state index contributed by atoms with van der Waals surface area (Å²) >= 11 is 0. The van der Waals surface area contributed by atoms with Gasteiger partial charge in [-0.05, 0) is 37.7 Å². The molecule has 0 aromatic heterocycles. The second kappa shape index (κ2) is 6.25. The van der Waals surface area contributed by atoms with Gasteiger partial charge in [-0.3, -0.25) is 9.69 Å². The lowest BCUT2D eigenvalue weighted by atomic mass is 10.1. The van der Waals surface area contributed by atoms with Crippen molar-refractivity contribution in [2.45, 2.75) is 20.8 Å². The Bertz CT molecular complexity index is 386. The Balaban J connectivity index is 2.65. The number of nitrogen functional groups attached to an aromatic ring is 1. The molecule has 0 bridgehead atoms. The van der Waals surface area contributed by atoms with E-state index in [0.29, 0.717) is 12.2 Å². The first-order chi connectivity index (χ1) is 8.08. The van der Waals surface area contributed by atoms with E-state index in [1.807, 2.05) is 39.0 Å². The highest BCUT2D eigenvalue weighted by Gasteiger charge is 2.09. The molecule has 0 spiro atoms. The van der Waals surface area contributed by atoms with Crippen LogP contribution in [0.15, 0.2) is 18.2 Å². The number of hydrogen-bond acceptors (Lipinski definition) is 3. The molecule has 1 amide bonds. The summed E-state index contributed by atoms with van der Waals surface area (Å²) in [6, 6.07) is 5.54. The van der Waals surface area contributed by atoms with Crippen molar-refractivity contribution in [2.75, 3.05) is 30.7 Å². The Morgan fingerprint density at radius 2 is 2.00 bits per heavy atom. The summed E-state index contributed by atoms with van der Waals surface area (Å²) in [5, 5.41) is 2.89. The average molecular weight is 235 g/mol. The SMILES string of the molecule is CCN(CC)CC(=O)Nc1cccc(N)c1C. The van der Waals surface area contributed by atoms with Crippen LogP contribution in [0.1, 0.15) is 19.4 Å². The molecular formula is C13H21N3O. The number of likely N-dealkylation sites (N-methyl/N-ethyl adjacent to an activating group) is 1. The second-order valence-electron chi connectivity index (χ2n) is 4.03. The zero-order valence-corrected chi connectivity index (χ0v) is 10.8. The molecule has 0 saturated heterocycles. The van der Waals surface area contributed by atoms with Crippen molar-refractivity contribution >= 4 is 17.3 Å². The van der Waals surface area contributed by atoms with E-state index < -0.39 is 0 Å². The normalized spacial score (nSPS) is 10.6. The molecule has 4 heteroatoms. The van der Waals surface area contributed by atoms with Gasteiger partial charge in [-0.2, -0.15) is 0 Å². The van der Waals surface area contributed by atoms with Gasteiger partial charge in [0.15, 0.2) is 0 Å². The quantitative estimate of drug-likeness (QED) is 0.766. The molecule has 1 rings (SSSR count). The van der Waals surface area contributed by atoms with Crippen LogP contribution in [0.4, 0.5) is 11.4 Å². The summed E-state index contributed by atoms with van der Waals surface area (Å²) in [7, 11) is 0. The molecule has 17 heavy (non-hydrogen) atoms. The van der Waals surface area contributed by atoms with Crippen molar-refractivity contribution in [3.63, 3.8) is 0 Å². The number of nitrogens with zero attached hydrogens (tertiary/aromatic N) is 1. The van der Waals surface area contributed by atoms with Gasteiger partial charge in [0.25, 0.3) is 0 Å². The highest BCUT2D eigenvalue weighted by molar-refractivity contribution is 5.93. The lowest BCUT2D eigenvalue weighted by Crippen LogP contribution is -2.33. The zero-order valence-electron chi connectivity index (χ0n) is 10.8. The van der Waals surface area contributed by atoms with Gasteiger partial charge in [0.2, 0.25) is 5.91 Å². The Hall–Kier alpha value is -1.55. The summed E-state index contributed by atoms with van der Waals surface area (Å²) in [6.07, 6.45) is 0. The molecule has 3 N–H and O–H groups in total. The van der Waals surface area contributed by atoms with Crippen LogP contribution in [0.5, 0.6) is 0 Å². The van der Waals surface area contributed by atoms with Gasteiger partial charge in [-0.25, -0.2) is 0 Å². The number of nitrogens with one attached hydrogen (secondary N) is 1. The lowest BCUT2D eigenvalue weighted by Gasteiger charge is -2.18. The van der Waals surface area contributed by atoms with Gasteiger partial charge < -0.3 is 11.1 Å². The number of carbonyl (C=O) groups excluding carboxylic acids is 1. The van der Waals surface area contributed by atoms with Crippen molar-refractivity contribution in [3.05, 3.63) is 23.8 Å². The van der Waals surface area contributed by atoms with Crippen LogP contribution >= 0.6 is 0 Å². The summed E-state index contributed by atoms with van der Waals surface area (Å²) in [5.41, 5.74) is 8.20. The maximum absolute atomic E-state index is 11.8. The topological polar surface area (TPSA) is 58.4 Å².